The van der Waals surface area contributed by atoms with Gasteiger partial charge in [0.1, 0.15) is 0 Å². The van der Waals surface area contributed by atoms with Gasteiger partial charge in [0.2, 0.25) is 0 Å². The fourth-order valence-corrected chi connectivity index (χ4v) is 1.08. The third-order valence-electron chi connectivity index (χ3n) is 1.75. The summed E-state index contributed by atoms with van der Waals surface area (Å²) >= 11 is 0. The SMILES string of the molecule is C=C1C=CN(C)CC(=C)/C=C\C=C/1. The van der Waals surface area contributed by atoms with Crippen LogP contribution in [0.25, 0.3) is 0 Å². The first-order chi connectivity index (χ1) is 6.18. The van der Waals surface area contributed by atoms with Crippen LogP contribution in [0, 0.1) is 0 Å². The Morgan fingerprint density at radius 3 is 2.62 bits per heavy atom. The minimum atomic E-state index is 0.855. The number of nitrogens with zero attached hydrogens (tertiary/aromatic N) is 1. The van der Waals surface area contributed by atoms with Crippen molar-refractivity contribution in [3.8, 4) is 0 Å². The number of hydrogen-bond donors (Lipinski definition) is 0. The van der Waals surface area contributed by atoms with E-state index in [0.29, 0.717) is 0 Å². The molecule has 1 rings (SSSR count). The molecule has 0 spiro atoms. The predicted octanol–water partition coefficient (Wildman–Crippen LogP) is 2.67. The molecule has 13 heavy (non-hydrogen) atoms. The van der Waals surface area contributed by atoms with Crippen LogP contribution in [-0.4, -0.2) is 18.5 Å². The van der Waals surface area contributed by atoms with Crippen molar-refractivity contribution in [2.24, 2.45) is 0 Å². The van der Waals surface area contributed by atoms with Crippen molar-refractivity contribution in [3.63, 3.8) is 0 Å². The molecule has 0 atom stereocenters. The summed E-state index contributed by atoms with van der Waals surface area (Å²) in [6, 6.07) is 0. The van der Waals surface area contributed by atoms with Crippen LogP contribution in [0.5, 0.6) is 0 Å². The van der Waals surface area contributed by atoms with E-state index in [-0.39, 0.29) is 0 Å². The summed E-state index contributed by atoms with van der Waals surface area (Å²) < 4.78 is 0. The van der Waals surface area contributed by atoms with Gasteiger partial charge in [-0.2, -0.15) is 0 Å². The molecule has 1 heterocycles. The van der Waals surface area contributed by atoms with E-state index in [1.807, 2.05) is 43.6 Å². The highest BCUT2D eigenvalue weighted by Crippen LogP contribution is 2.03. The Kier molecular flexibility index (Phi) is 3.32. The molecule has 0 fully saturated rings. The van der Waals surface area contributed by atoms with Crippen LogP contribution in [0.4, 0.5) is 0 Å². The molecule has 0 unspecified atom stereocenters. The van der Waals surface area contributed by atoms with Crippen LogP contribution in [0.3, 0.4) is 0 Å². The number of likely N-dealkylation sites (N-methyl/N-ethyl adjacent to an activating group) is 1. The van der Waals surface area contributed by atoms with E-state index >= 15 is 0 Å². The lowest BCUT2D eigenvalue weighted by Crippen LogP contribution is -2.13. The standard InChI is InChI=1S/C12H15N/c1-11-6-4-5-7-12(2)10-13(3)9-8-11/h4-9H,1-2,10H2,3H3/b6-4-,7-5-,9-8?. The Labute approximate surface area is 80.1 Å². The maximum absolute atomic E-state index is 3.94. The second-order valence-electron chi connectivity index (χ2n) is 3.18. The summed E-state index contributed by atoms with van der Waals surface area (Å²) in [5.41, 5.74) is 2.10. The summed E-state index contributed by atoms with van der Waals surface area (Å²) in [6.45, 7) is 8.68. The van der Waals surface area contributed by atoms with Gasteiger partial charge >= 0.3 is 0 Å². The van der Waals surface area contributed by atoms with E-state index in [1.165, 1.54) is 0 Å². The molecule has 0 aromatic carbocycles. The summed E-state index contributed by atoms with van der Waals surface area (Å²) in [5, 5.41) is 0. The third kappa shape index (κ3) is 3.61. The van der Waals surface area contributed by atoms with Crippen LogP contribution in [-0.2, 0) is 0 Å². The second-order valence-corrected chi connectivity index (χ2v) is 3.18. The molecule has 0 radical (unpaired) electrons. The summed E-state index contributed by atoms with van der Waals surface area (Å²) in [7, 11) is 2.02. The molecule has 1 aliphatic rings. The zero-order valence-corrected chi connectivity index (χ0v) is 8.03. The molecule has 1 nitrogen and oxygen atoms in total. The average Bonchev–Trinajstić information content (AvgIpc) is 2.08. The summed E-state index contributed by atoms with van der Waals surface area (Å²) in [6.07, 6.45) is 11.9. The molecule has 0 N–H and O–H groups in total. The average molecular weight is 173 g/mol. The molecular weight excluding hydrogens is 158 g/mol. The van der Waals surface area contributed by atoms with Crippen LogP contribution in [0.2, 0.25) is 0 Å². The first-order valence-electron chi connectivity index (χ1n) is 4.28. The van der Waals surface area contributed by atoms with Crippen LogP contribution < -0.4 is 0 Å². The fraction of sp³-hybridized carbons (Fsp3) is 0.167. The lowest BCUT2D eigenvalue weighted by atomic mass is 10.2. The topological polar surface area (TPSA) is 3.24 Å². The van der Waals surface area contributed by atoms with E-state index in [1.54, 1.807) is 0 Å². The van der Waals surface area contributed by atoms with Crippen molar-refractivity contribution in [2.45, 2.75) is 0 Å². The van der Waals surface area contributed by atoms with Crippen LogP contribution >= 0.6 is 0 Å². The number of rotatable bonds is 0. The Bertz CT molecular complexity index is 292. The molecule has 68 valence electrons. The Morgan fingerprint density at radius 1 is 1.15 bits per heavy atom. The van der Waals surface area contributed by atoms with Crippen molar-refractivity contribution < 1.29 is 0 Å². The van der Waals surface area contributed by atoms with Crippen LogP contribution in [0.15, 0.2) is 60.9 Å². The monoisotopic (exact) mass is 173 g/mol. The van der Waals surface area contributed by atoms with Gasteiger partial charge in [-0.05, 0) is 23.4 Å². The van der Waals surface area contributed by atoms with E-state index in [2.05, 4.69) is 18.1 Å². The molecular formula is C12H15N. The molecule has 0 aromatic heterocycles. The smallest absolute Gasteiger partial charge is 0.0414 e. The molecule has 1 heteroatoms. The van der Waals surface area contributed by atoms with Gasteiger partial charge in [0, 0.05) is 13.6 Å². The zero-order chi connectivity index (χ0) is 9.68. The first-order valence-corrected chi connectivity index (χ1v) is 4.28. The highest BCUT2D eigenvalue weighted by molar-refractivity contribution is 5.32. The number of allylic oxidation sites excluding steroid dienone is 5. The van der Waals surface area contributed by atoms with Crippen molar-refractivity contribution in [3.05, 3.63) is 60.9 Å². The lowest BCUT2D eigenvalue weighted by molar-refractivity contribution is 0.501. The summed E-state index contributed by atoms with van der Waals surface area (Å²) in [5.74, 6) is 0. The molecule has 0 bridgehead atoms. The largest absolute Gasteiger partial charge is 0.376 e. The quantitative estimate of drug-likeness (QED) is 0.544. The van der Waals surface area contributed by atoms with E-state index in [4.69, 9.17) is 0 Å². The van der Waals surface area contributed by atoms with E-state index in [0.717, 1.165) is 17.7 Å². The third-order valence-corrected chi connectivity index (χ3v) is 1.75. The van der Waals surface area contributed by atoms with Gasteiger partial charge in [0.15, 0.2) is 0 Å². The normalized spacial score (nSPS) is 23.0. The Balaban J connectivity index is 2.81. The van der Waals surface area contributed by atoms with Gasteiger partial charge in [-0.25, -0.2) is 0 Å². The van der Waals surface area contributed by atoms with Crippen molar-refractivity contribution in [1.29, 1.82) is 0 Å². The van der Waals surface area contributed by atoms with Crippen LogP contribution in [0.1, 0.15) is 0 Å². The maximum Gasteiger partial charge on any atom is 0.0414 e. The van der Waals surface area contributed by atoms with E-state index in [9.17, 15) is 0 Å². The van der Waals surface area contributed by atoms with Crippen molar-refractivity contribution in [2.75, 3.05) is 13.6 Å². The minimum absolute atomic E-state index is 0.855. The molecule has 1 aliphatic heterocycles. The van der Waals surface area contributed by atoms with E-state index < -0.39 is 0 Å². The van der Waals surface area contributed by atoms with Gasteiger partial charge in [0.25, 0.3) is 0 Å². The Hall–Kier alpha value is -1.50. The highest BCUT2D eigenvalue weighted by Gasteiger charge is 1.93. The molecule has 0 saturated carbocycles. The predicted molar refractivity (Wildman–Crippen MR) is 58.3 cm³/mol. The van der Waals surface area contributed by atoms with Gasteiger partial charge in [-0.3, -0.25) is 0 Å². The molecule has 0 saturated heterocycles. The van der Waals surface area contributed by atoms with Gasteiger partial charge in [-0.1, -0.05) is 37.5 Å². The Morgan fingerprint density at radius 2 is 1.85 bits per heavy atom. The first kappa shape index (κ1) is 9.59. The minimum Gasteiger partial charge on any atom is -0.376 e. The van der Waals surface area contributed by atoms with Crippen molar-refractivity contribution in [1.82, 2.24) is 4.90 Å². The molecule has 0 aliphatic carbocycles. The fourth-order valence-electron chi connectivity index (χ4n) is 1.08. The summed E-state index contributed by atoms with van der Waals surface area (Å²) in [4.78, 5) is 2.08. The molecule has 0 amide bonds. The van der Waals surface area contributed by atoms with Gasteiger partial charge in [-0.15, -0.1) is 0 Å². The highest BCUT2D eigenvalue weighted by atomic mass is 15.1. The van der Waals surface area contributed by atoms with Gasteiger partial charge in [0.05, 0.1) is 0 Å². The van der Waals surface area contributed by atoms with Crippen molar-refractivity contribution >= 4 is 0 Å². The number of hydrogen-bond acceptors (Lipinski definition) is 1. The van der Waals surface area contributed by atoms with Gasteiger partial charge < -0.3 is 4.90 Å². The zero-order valence-electron chi connectivity index (χ0n) is 8.03. The maximum atomic E-state index is 3.94. The molecule has 0 aromatic rings. The lowest BCUT2D eigenvalue weighted by Gasteiger charge is -2.14. The second kappa shape index (κ2) is 4.51.